The molecule has 2 aliphatic rings. The molecule has 0 radical (unpaired) electrons. The van der Waals surface area contributed by atoms with E-state index in [9.17, 15) is 18.0 Å². The SMILES string of the molecule is C=C(CNC(=O)c1cccc(C(F)(F)F)c1)NC1CN(C2CCC(n3ncc4ccccc43)CC2)C1. The number of aromatic nitrogens is 2. The van der Waals surface area contributed by atoms with Crippen LogP contribution >= 0.6 is 0 Å². The van der Waals surface area contributed by atoms with Crippen molar-refractivity contribution in [3.63, 3.8) is 0 Å². The van der Waals surface area contributed by atoms with E-state index in [1.54, 1.807) is 0 Å². The van der Waals surface area contributed by atoms with Crippen LogP contribution in [0.15, 0.2) is 67.0 Å². The van der Waals surface area contributed by atoms with Crippen LogP contribution in [-0.4, -0.2) is 52.3 Å². The van der Waals surface area contributed by atoms with E-state index in [1.165, 1.54) is 23.0 Å². The van der Waals surface area contributed by atoms with Crippen LogP contribution in [0.5, 0.6) is 0 Å². The summed E-state index contributed by atoms with van der Waals surface area (Å²) in [6.45, 7) is 5.96. The molecule has 2 aromatic carbocycles. The third kappa shape index (κ3) is 5.26. The Labute approximate surface area is 208 Å². The number of fused-ring (bicyclic) bond motifs is 1. The predicted molar refractivity (Wildman–Crippen MR) is 132 cm³/mol. The van der Waals surface area contributed by atoms with Gasteiger partial charge >= 0.3 is 6.18 Å². The van der Waals surface area contributed by atoms with Crippen molar-refractivity contribution in [2.45, 2.75) is 50.0 Å². The molecule has 1 aliphatic heterocycles. The van der Waals surface area contributed by atoms with Gasteiger partial charge in [0.25, 0.3) is 5.91 Å². The number of halogens is 3. The van der Waals surface area contributed by atoms with Gasteiger partial charge in [0.05, 0.1) is 35.9 Å². The Morgan fingerprint density at radius 3 is 2.50 bits per heavy atom. The fourth-order valence-electron chi connectivity index (χ4n) is 5.32. The first-order chi connectivity index (χ1) is 17.3. The van der Waals surface area contributed by atoms with Gasteiger partial charge in [-0.1, -0.05) is 30.8 Å². The zero-order valence-corrected chi connectivity index (χ0v) is 20.0. The molecule has 0 bridgehead atoms. The first-order valence-corrected chi connectivity index (χ1v) is 12.3. The predicted octanol–water partition coefficient (Wildman–Crippen LogP) is 4.76. The molecule has 1 saturated heterocycles. The number of benzene rings is 2. The van der Waals surface area contributed by atoms with E-state index in [2.05, 4.69) is 50.1 Å². The lowest BCUT2D eigenvalue weighted by atomic mass is 9.88. The molecule has 2 N–H and O–H groups in total. The quantitative estimate of drug-likeness (QED) is 0.494. The maximum atomic E-state index is 12.9. The van der Waals surface area contributed by atoms with Crippen LogP contribution < -0.4 is 10.6 Å². The zero-order chi connectivity index (χ0) is 25.3. The molecular formula is C27H30F3N5O. The maximum absolute atomic E-state index is 12.9. The summed E-state index contributed by atoms with van der Waals surface area (Å²) in [5, 5.41) is 11.8. The second kappa shape index (κ2) is 9.97. The van der Waals surface area contributed by atoms with Crippen molar-refractivity contribution in [2.75, 3.05) is 19.6 Å². The molecule has 0 spiro atoms. The van der Waals surface area contributed by atoms with Crippen molar-refractivity contribution in [3.05, 3.63) is 78.1 Å². The maximum Gasteiger partial charge on any atom is 0.416 e. The molecule has 36 heavy (non-hydrogen) atoms. The number of para-hydroxylation sites is 1. The van der Waals surface area contributed by atoms with Gasteiger partial charge in [-0.05, 0) is 49.9 Å². The number of hydrogen-bond donors (Lipinski definition) is 2. The van der Waals surface area contributed by atoms with Crippen molar-refractivity contribution >= 4 is 16.8 Å². The van der Waals surface area contributed by atoms with Gasteiger partial charge in [0.1, 0.15) is 0 Å². The number of amides is 1. The summed E-state index contributed by atoms with van der Waals surface area (Å²) in [7, 11) is 0. The zero-order valence-electron chi connectivity index (χ0n) is 20.0. The van der Waals surface area contributed by atoms with Gasteiger partial charge in [-0.3, -0.25) is 14.4 Å². The van der Waals surface area contributed by atoms with Crippen LogP contribution in [0.25, 0.3) is 10.9 Å². The summed E-state index contributed by atoms with van der Waals surface area (Å²) in [5.74, 6) is -0.555. The first-order valence-electron chi connectivity index (χ1n) is 12.3. The van der Waals surface area contributed by atoms with Crippen LogP contribution in [0.1, 0.15) is 47.6 Å². The summed E-state index contributed by atoms with van der Waals surface area (Å²) in [6, 6.07) is 14.0. The number of carbonyl (C=O) groups excluding carboxylic acids is 1. The number of hydrogen-bond acceptors (Lipinski definition) is 4. The molecule has 190 valence electrons. The molecule has 9 heteroatoms. The fourth-order valence-corrected chi connectivity index (χ4v) is 5.32. The van der Waals surface area contributed by atoms with E-state index >= 15 is 0 Å². The number of nitrogens with zero attached hydrogens (tertiary/aromatic N) is 3. The van der Waals surface area contributed by atoms with Gasteiger partial charge in [-0.25, -0.2) is 0 Å². The van der Waals surface area contributed by atoms with E-state index in [0.29, 0.717) is 17.8 Å². The lowest BCUT2D eigenvalue weighted by molar-refractivity contribution is -0.137. The molecule has 6 nitrogen and oxygen atoms in total. The second-order valence-electron chi connectivity index (χ2n) is 9.77. The van der Waals surface area contributed by atoms with E-state index in [-0.39, 0.29) is 18.2 Å². The van der Waals surface area contributed by atoms with E-state index in [1.807, 2.05) is 12.3 Å². The molecule has 2 heterocycles. The Morgan fingerprint density at radius 2 is 1.75 bits per heavy atom. The highest BCUT2D eigenvalue weighted by atomic mass is 19.4. The van der Waals surface area contributed by atoms with Gasteiger partial charge < -0.3 is 10.6 Å². The highest BCUT2D eigenvalue weighted by Gasteiger charge is 2.35. The lowest BCUT2D eigenvalue weighted by Crippen LogP contribution is -2.61. The average Bonchev–Trinajstić information content (AvgIpc) is 3.28. The Balaban J connectivity index is 1.03. The monoisotopic (exact) mass is 497 g/mol. The largest absolute Gasteiger partial charge is 0.416 e. The molecular weight excluding hydrogens is 467 g/mol. The van der Waals surface area contributed by atoms with Crippen LogP contribution in [0.2, 0.25) is 0 Å². The van der Waals surface area contributed by atoms with Crippen molar-refractivity contribution in [1.29, 1.82) is 0 Å². The molecule has 5 rings (SSSR count). The summed E-state index contributed by atoms with van der Waals surface area (Å²) in [4.78, 5) is 14.8. The summed E-state index contributed by atoms with van der Waals surface area (Å²) < 4.78 is 40.8. The van der Waals surface area contributed by atoms with Gasteiger partial charge in [-0.15, -0.1) is 0 Å². The summed E-state index contributed by atoms with van der Waals surface area (Å²) in [5.41, 5.74) is 0.988. The average molecular weight is 498 g/mol. The normalized spacial score (nSPS) is 21.2. The Morgan fingerprint density at radius 1 is 1.03 bits per heavy atom. The standard InChI is InChI=1S/C27H30F3N5O/c1-18(14-31-26(36)19-6-4-7-21(13-19)27(28,29)30)33-22-16-34(17-22)23-9-11-24(12-10-23)35-25-8-3-2-5-20(25)15-32-35/h2-8,13,15,22-24,33H,1,9-12,14,16-17H2,(H,31,36). The summed E-state index contributed by atoms with van der Waals surface area (Å²) in [6.07, 6.45) is 1.96. The number of alkyl halides is 3. The minimum absolute atomic E-state index is 0.0221. The molecule has 0 atom stereocenters. The number of nitrogens with one attached hydrogen (secondary N) is 2. The second-order valence-corrected chi connectivity index (χ2v) is 9.77. The molecule has 3 aromatic rings. The Hall–Kier alpha value is -3.33. The number of likely N-dealkylation sites (tertiary alicyclic amines) is 1. The van der Waals surface area contributed by atoms with E-state index in [4.69, 9.17) is 0 Å². The fraction of sp³-hybridized carbons (Fsp3) is 0.407. The third-order valence-electron chi connectivity index (χ3n) is 7.27. The molecule has 0 unspecified atom stereocenters. The molecule has 1 saturated carbocycles. The van der Waals surface area contributed by atoms with Crippen molar-refractivity contribution < 1.29 is 18.0 Å². The van der Waals surface area contributed by atoms with Crippen molar-refractivity contribution in [1.82, 2.24) is 25.3 Å². The van der Waals surface area contributed by atoms with Gasteiger partial charge in [-0.2, -0.15) is 18.3 Å². The highest BCUT2D eigenvalue weighted by molar-refractivity contribution is 5.94. The minimum atomic E-state index is -4.48. The smallest absolute Gasteiger partial charge is 0.382 e. The third-order valence-corrected chi connectivity index (χ3v) is 7.27. The van der Waals surface area contributed by atoms with Gasteiger partial charge in [0.15, 0.2) is 0 Å². The van der Waals surface area contributed by atoms with Crippen LogP contribution in [0, 0.1) is 0 Å². The van der Waals surface area contributed by atoms with Gasteiger partial charge in [0.2, 0.25) is 0 Å². The lowest BCUT2D eigenvalue weighted by Gasteiger charge is -2.47. The first kappa shape index (κ1) is 24.4. The summed E-state index contributed by atoms with van der Waals surface area (Å²) >= 11 is 0. The number of rotatable bonds is 7. The topological polar surface area (TPSA) is 62.2 Å². The minimum Gasteiger partial charge on any atom is -0.382 e. The molecule has 1 aromatic heterocycles. The Bertz CT molecular complexity index is 1240. The van der Waals surface area contributed by atoms with Crippen LogP contribution in [-0.2, 0) is 6.18 Å². The van der Waals surface area contributed by atoms with Crippen LogP contribution in [0.3, 0.4) is 0 Å². The van der Waals surface area contributed by atoms with Crippen LogP contribution in [0.4, 0.5) is 13.2 Å². The van der Waals surface area contributed by atoms with E-state index < -0.39 is 17.6 Å². The number of carbonyl (C=O) groups is 1. The van der Waals surface area contributed by atoms with Crippen molar-refractivity contribution in [2.24, 2.45) is 0 Å². The molecule has 1 amide bonds. The van der Waals surface area contributed by atoms with E-state index in [0.717, 1.165) is 50.9 Å². The molecule has 1 aliphatic carbocycles. The van der Waals surface area contributed by atoms with Crippen molar-refractivity contribution in [3.8, 4) is 0 Å². The molecule has 2 fully saturated rings. The highest BCUT2D eigenvalue weighted by Crippen LogP contribution is 2.34. The Kier molecular flexibility index (Phi) is 6.75. The van der Waals surface area contributed by atoms with Gasteiger partial charge in [0, 0.05) is 35.8 Å².